The van der Waals surface area contributed by atoms with Crippen molar-refractivity contribution in [3.63, 3.8) is 0 Å². The SMILES string of the molecule is Clc1ccccc1C1Oc2ccccc2C2CC(c3ccccc3)=NN21. The van der Waals surface area contributed by atoms with Crippen LogP contribution < -0.4 is 4.74 Å². The zero-order valence-electron chi connectivity index (χ0n) is 14.0. The Balaban J connectivity index is 1.63. The lowest BCUT2D eigenvalue weighted by molar-refractivity contribution is -0.0189. The van der Waals surface area contributed by atoms with Crippen molar-refractivity contribution >= 4 is 17.3 Å². The van der Waals surface area contributed by atoms with E-state index in [0.29, 0.717) is 5.02 Å². The van der Waals surface area contributed by atoms with Crippen molar-refractivity contribution in [2.75, 3.05) is 0 Å². The van der Waals surface area contributed by atoms with Crippen LogP contribution in [0.3, 0.4) is 0 Å². The van der Waals surface area contributed by atoms with Gasteiger partial charge in [-0.15, -0.1) is 0 Å². The molecule has 3 nitrogen and oxygen atoms in total. The molecule has 0 saturated heterocycles. The van der Waals surface area contributed by atoms with Gasteiger partial charge in [-0.2, -0.15) is 5.10 Å². The third-order valence-electron chi connectivity index (χ3n) is 4.98. The Hall–Kier alpha value is -2.78. The average molecular weight is 361 g/mol. The number of rotatable bonds is 2. The van der Waals surface area contributed by atoms with Crippen LogP contribution in [0.25, 0.3) is 0 Å². The first-order valence-electron chi connectivity index (χ1n) is 8.72. The van der Waals surface area contributed by atoms with E-state index >= 15 is 0 Å². The summed E-state index contributed by atoms with van der Waals surface area (Å²) in [6.45, 7) is 0. The molecule has 128 valence electrons. The van der Waals surface area contributed by atoms with Crippen LogP contribution in [0.1, 0.15) is 35.4 Å². The van der Waals surface area contributed by atoms with Gasteiger partial charge in [-0.3, -0.25) is 0 Å². The Labute approximate surface area is 157 Å². The normalized spacial score (nSPS) is 20.8. The highest BCUT2D eigenvalue weighted by atomic mass is 35.5. The highest BCUT2D eigenvalue weighted by Crippen LogP contribution is 2.48. The summed E-state index contributed by atoms with van der Waals surface area (Å²) >= 11 is 6.47. The average Bonchev–Trinajstić information content (AvgIpc) is 3.14. The molecule has 2 aliphatic heterocycles. The lowest BCUT2D eigenvalue weighted by Crippen LogP contribution is -2.33. The summed E-state index contributed by atoms with van der Waals surface area (Å²) in [6, 6.07) is 26.5. The monoisotopic (exact) mass is 360 g/mol. The van der Waals surface area contributed by atoms with Gasteiger partial charge in [0.05, 0.1) is 11.8 Å². The minimum atomic E-state index is -0.329. The molecule has 3 aromatic rings. The van der Waals surface area contributed by atoms with Crippen LogP contribution in [0, 0.1) is 0 Å². The summed E-state index contributed by atoms with van der Waals surface area (Å²) < 4.78 is 6.33. The summed E-state index contributed by atoms with van der Waals surface area (Å²) in [7, 11) is 0. The molecule has 4 heteroatoms. The molecule has 26 heavy (non-hydrogen) atoms. The van der Waals surface area contributed by atoms with Gasteiger partial charge in [-0.1, -0.05) is 78.3 Å². The first kappa shape index (κ1) is 15.5. The van der Waals surface area contributed by atoms with Crippen molar-refractivity contribution in [2.45, 2.75) is 18.7 Å². The Morgan fingerprint density at radius 1 is 0.846 bits per heavy atom. The highest BCUT2D eigenvalue weighted by molar-refractivity contribution is 6.31. The van der Waals surface area contributed by atoms with Gasteiger partial charge >= 0.3 is 0 Å². The van der Waals surface area contributed by atoms with Gasteiger partial charge in [0.25, 0.3) is 0 Å². The van der Waals surface area contributed by atoms with Crippen LogP contribution in [0.5, 0.6) is 5.75 Å². The minimum Gasteiger partial charge on any atom is -0.464 e. The van der Waals surface area contributed by atoms with Gasteiger partial charge in [-0.05, 0) is 17.7 Å². The second-order valence-electron chi connectivity index (χ2n) is 6.54. The Kier molecular flexibility index (Phi) is 3.68. The fourth-order valence-corrected chi connectivity index (χ4v) is 3.95. The molecule has 0 spiro atoms. The van der Waals surface area contributed by atoms with Crippen molar-refractivity contribution in [2.24, 2.45) is 5.10 Å². The maximum atomic E-state index is 6.47. The zero-order valence-corrected chi connectivity index (χ0v) is 14.8. The fourth-order valence-electron chi connectivity index (χ4n) is 3.72. The van der Waals surface area contributed by atoms with E-state index in [2.05, 4.69) is 29.3 Å². The van der Waals surface area contributed by atoms with Crippen molar-refractivity contribution in [3.8, 4) is 5.75 Å². The number of para-hydroxylation sites is 1. The van der Waals surface area contributed by atoms with Gasteiger partial charge in [0.2, 0.25) is 6.23 Å². The van der Waals surface area contributed by atoms with Gasteiger partial charge in [0.1, 0.15) is 5.75 Å². The van der Waals surface area contributed by atoms with Crippen molar-refractivity contribution in [3.05, 3.63) is 101 Å². The van der Waals surface area contributed by atoms with Crippen LogP contribution >= 0.6 is 11.6 Å². The molecule has 0 bridgehead atoms. The maximum Gasteiger partial charge on any atom is 0.215 e. The smallest absolute Gasteiger partial charge is 0.215 e. The van der Waals surface area contributed by atoms with Crippen LogP contribution in [0.15, 0.2) is 84.0 Å². The zero-order chi connectivity index (χ0) is 17.5. The molecular weight excluding hydrogens is 344 g/mol. The van der Waals surface area contributed by atoms with Gasteiger partial charge in [0.15, 0.2) is 0 Å². The molecule has 3 aromatic carbocycles. The predicted octanol–water partition coefficient (Wildman–Crippen LogP) is 5.58. The van der Waals surface area contributed by atoms with Crippen LogP contribution in [0.4, 0.5) is 0 Å². The molecule has 0 fully saturated rings. The topological polar surface area (TPSA) is 24.8 Å². The molecule has 5 rings (SSSR count). The number of hydrogen-bond acceptors (Lipinski definition) is 3. The van der Waals surface area contributed by atoms with E-state index in [-0.39, 0.29) is 12.3 Å². The predicted molar refractivity (Wildman–Crippen MR) is 103 cm³/mol. The molecule has 0 aromatic heterocycles. The summed E-state index contributed by atoms with van der Waals surface area (Å²) in [5.41, 5.74) is 4.34. The number of nitrogens with zero attached hydrogens (tertiary/aromatic N) is 2. The number of hydrazone groups is 1. The Morgan fingerprint density at radius 3 is 2.35 bits per heavy atom. The summed E-state index contributed by atoms with van der Waals surface area (Å²) in [6.07, 6.45) is 0.524. The minimum absolute atomic E-state index is 0.149. The molecule has 0 radical (unpaired) electrons. The number of fused-ring (bicyclic) bond motifs is 3. The van der Waals surface area contributed by atoms with E-state index in [4.69, 9.17) is 21.4 Å². The molecule has 2 unspecified atom stereocenters. The van der Waals surface area contributed by atoms with E-state index in [1.54, 1.807) is 0 Å². The van der Waals surface area contributed by atoms with Crippen molar-refractivity contribution in [1.29, 1.82) is 0 Å². The number of halogens is 1. The molecule has 2 aliphatic rings. The molecular formula is C22H17ClN2O. The number of benzene rings is 3. The summed E-state index contributed by atoms with van der Waals surface area (Å²) in [5.74, 6) is 0.906. The number of ether oxygens (including phenoxy) is 1. The largest absolute Gasteiger partial charge is 0.464 e. The second-order valence-corrected chi connectivity index (χ2v) is 6.95. The van der Waals surface area contributed by atoms with E-state index in [9.17, 15) is 0 Å². The van der Waals surface area contributed by atoms with Crippen molar-refractivity contribution < 1.29 is 4.74 Å². The fraction of sp³-hybridized carbons (Fsp3) is 0.136. The summed E-state index contributed by atoms with van der Waals surface area (Å²) in [5, 5.41) is 7.70. The van der Waals surface area contributed by atoms with Crippen LogP contribution in [0.2, 0.25) is 5.02 Å². The molecule has 0 N–H and O–H groups in total. The lowest BCUT2D eigenvalue weighted by atomic mass is 9.96. The van der Waals surface area contributed by atoms with Gasteiger partial charge < -0.3 is 4.74 Å². The standard InChI is InChI=1S/C22H17ClN2O/c23-18-12-6-4-10-16(18)22-25-20(17-11-5-7-13-21(17)26-22)14-19(24-25)15-8-2-1-3-9-15/h1-13,20,22H,14H2. The molecule has 0 amide bonds. The molecule has 2 atom stereocenters. The molecule has 0 aliphatic carbocycles. The number of hydrogen-bond donors (Lipinski definition) is 0. The van der Waals surface area contributed by atoms with Crippen LogP contribution in [-0.2, 0) is 0 Å². The maximum absolute atomic E-state index is 6.47. The van der Waals surface area contributed by atoms with Crippen LogP contribution in [-0.4, -0.2) is 10.7 Å². The van der Waals surface area contributed by atoms with Gasteiger partial charge in [-0.25, -0.2) is 5.01 Å². The van der Waals surface area contributed by atoms with E-state index < -0.39 is 0 Å². The first-order valence-corrected chi connectivity index (χ1v) is 9.10. The summed E-state index contributed by atoms with van der Waals surface area (Å²) in [4.78, 5) is 0. The van der Waals surface area contributed by atoms with Crippen molar-refractivity contribution in [1.82, 2.24) is 5.01 Å². The first-order chi connectivity index (χ1) is 12.8. The third-order valence-corrected chi connectivity index (χ3v) is 5.32. The van der Waals surface area contributed by atoms with E-state index in [0.717, 1.165) is 29.0 Å². The lowest BCUT2D eigenvalue weighted by Gasteiger charge is -2.38. The third kappa shape index (κ3) is 2.47. The second kappa shape index (κ2) is 6.19. The Bertz CT molecular complexity index is 986. The highest BCUT2D eigenvalue weighted by Gasteiger charge is 2.41. The van der Waals surface area contributed by atoms with E-state index in [1.807, 2.05) is 54.6 Å². The Morgan fingerprint density at radius 2 is 1.54 bits per heavy atom. The quantitative estimate of drug-likeness (QED) is 0.595. The molecule has 0 saturated carbocycles. The molecule has 2 heterocycles. The van der Waals surface area contributed by atoms with E-state index in [1.165, 1.54) is 5.56 Å². The van der Waals surface area contributed by atoms with Gasteiger partial charge in [0, 0.05) is 22.6 Å².